The highest BCUT2D eigenvalue weighted by Gasteiger charge is 2.15. The van der Waals surface area contributed by atoms with E-state index in [1.807, 2.05) is 36.4 Å². The minimum absolute atomic E-state index is 0.476. The van der Waals surface area contributed by atoms with Gasteiger partial charge in [0.15, 0.2) is 5.65 Å². The maximum atomic E-state index is 6.30. The number of pyridine rings is 1. The van der Waals surface area contributed by atoms with Crippen molar-refractivity contribution in [2.75, 3.05) is 0 Å². The van der Waals surface area contributed by atoms with Crippen molar-refractivity contribution < 1.29 is 0 Å². The molecule has 0 atom stereocenters. The number of benzene rings is 1. The maximum Gasteiger partial charge on any atom is 0.159 e. The van der Waals surface area contributed by atoms with Crippen LogP contribution in [0.1, 0.15) is 5.56 Å². The van der Waals surface area contributed by atoms with Crippen LogP contribution >= 0.6 is 11.6 Å². The lowest BCUT2D eigenvalue weighted by atomic mass is 10.2. The minimum atomic E-state index is 0.476. The molecule has 0 N–H and O–H groups in total. The molecule has 0 unspecified atom stereocenters. The van der Waals surface area contributed by atoms with Gasteiger partial charge in [-0.25, -0.2) is 9.97 Å². The van der Waals surface area contributed by atoms with Gasteiger partial charge in [0.05, 0.1) is 5.69 Å². The standard InChI is InChI=1S/C18H13ClN4/c19-17-14(7-4-8-21-17)16-11-15-18(22-10-9-20-15)23(16)12-13-5-2-1-3-6-13/h1-11H,12H2. The molecule has 4 aromatic rings. The van der Waals surface area contributed by atoms with E-state index in [1.165, 1.54) is 5.56 Å². The predicted octanol–water partition coefficient (Wildman–Crippen LogP) is 4.20. The molecule has 0 saturated heterocycles. The van der Waals surface area contributed by atoms with Gasteiger partial charge in [0.2, 0.25) is 0 Å². The topological polar surface area (TPSA) is 43.6 Å². The van der Waals surface area contributed by atoms with E-state index < -0.39 is 0 Å². The summed E-state index contributed by atoms with van der Waals surface area (Å²) >= 11 is 6.30. The molecule has 0 amide bonds. The Labute approximate surface area is 138 Å². The van der Waals surface area contributed by atoms with Crippen LogP contribution in [0.5, 0.6) is 0 Å². The van der Waals surface area contributed by atoms with Crippen LogP contribution in [0, 0.1) is 0 Å². The zero-order valence-electron chi connectivity index (χ0n) is 12.2. The van der Waals surface area contributed by atoms with Gasteiger partial charge in [0.1, 0.15) is 10.7 Å². The zero-order chi connectivity index (χ0) is 15.6. The molecule has 5 heteroatoms. The van der Waals surface area contributed by atoms with Gasteiger partial charge < -0.3 is 4.57 Å². The summed E-state index contributed by atoms with van der Waals surface area (Å²) in [7, 11) is 0. The van der Waals surface area contributed by atoms with Crippen molar-refractivity contribution in [3.05, 3.63) is 77.8 Å². The van der Waals surface area contributed by atoms with Crippen molar-refractivity contribution in [1.82, 2.24) is 19.5 Å². The number of hydrogen-bond donors (Lipinski definition) is 0. The molecule has 0 aliphatic heterocycles. The number of aromatic nitrogens is 4. The van der Waals surface area contributed by atoms with Crippen LogP contribution < -0.4 is 0 Å². The number of halogens is 1. The first-order valence-electron chi connectivity index (χ1n) is 7.28. The first-order chi connectivity index (χ1) is 11.3. The number of fused-ring (bicyclic) bond motifs is 1. The molecule has 0 saturated carbocycles. The summed E-state index contributed by atoms with van der Waals surface area (Å²) in [4.78, 5) is 13.1. The summed E-state index contributed by atoms with van der Waals surface area (Å²) in [6, 6.07) is 16.1. The average molecular weight is 321 g/mol. The molecule has 3 aromatic heterocycles. The molecule has 0 radical (unpaired) electrons. The summed E-state index contributed by atoms with van der Waals surface area (Å²) in [5.41, 5.74) is 4.72. The van der Waals surface area contributed by atoms with Gasteiger partial charge in [0.25, 0.3) is 0 Å². The highest BCUT2D eigenvalue weighted by Crippen LogP contribution is 2.30. The molecule has 3 heterocycles. The summed E-state index contributed by atoms with van der Waals surface area (Å²) in [6.45, 7) is 0.698. The fraction of sp³-hybridized carbons (Fsp3) is 0.0556. The summed E-state index contributed by atoms with van der Waals surface area (Å²) in [5, 5.41) is 0.476. The number of hydrogen-bond acceptors (Lipinski definition) is 3. The van der Waals surface area contributed by atoms with Gasteiger partial charge in [-0.1, -0.05) is 41.9 Å². The van der Waals surface area contributed by atoms with Gasteiger partial charge in [-0.15, -0.1) is 0 Å². The molecule has 0 fully saturated rings. The second-order valence-corrected chi connectivity index (χ2v) is 5.57. The lowest BCUT2D eigenvalue weighted by Crippen LogP contribution is -2.03. The Morgan fingerprint density at radius 2 is 1.70 bits per heavy atom. The van der Waals surface area contributed by atoms with Crippen molar-refractivity contribution in [3.63, 3.8) is 0 Å². The molecule has 0 bridgehead atoms. The van der Waals surface area contributed by atoms with E-state index in [-0.39, 0.29) is 0 Å². The van der Waals surface area contributed by atoms with Gasteiger partial charge >= 0.3 is 0 Å². The largest absolute Gasteiger partial charge is 0.319 e. The smallest absolute Gasteiger partial charge is 0.159 e. The zero-order valence-corrected chi connectivity index (χ0v) is 13.0. The van der Waals surface area contributed by atoms with E-state index in [9.17, 15) is 0 Å². The third kappa shape index (κ3) is 2.58. The van der Waals surface area contributed by atoms with Gasteiger partial charge in [-0.2, -0.15) is 0 Å². The average Bonchev–Trinajstić information content (AvgIpc) is 2.95. The molecule has 1 aromatic carbocycles. The molecule has 23 heavy (non-hydrogen) atoms. The third-order valence-electron chi connectivity index (χ3n) is 3.74. The Balaban J connectivity index is 1.93. The molecule has 4 rings (SSSR count). The van der Waals surface area contributed by atoms with Crippen LogP contribution in [0.2, 0.25) is 5.15 Å². The van der Waals surface area contributed by atoms with Gasteiger partial charge in [-0.05, 0) is 23.8 Å². The SMILES string of the molecule is Clc1ncccc1-c1cc2nccnc2n1Cc1ccccc1. The van der Waals surface area contributed by atoms with Crippen LogP contribution in [0.15, 0.2) is 67.1 Å². The third-order valence-corrected chi connectivity index (χ3v) is 4.05. The van der Waals surface area contributed by atoms with Crippen molar-refractivity contribution in [3.8, 4) is 11.3 Å². The van der Waals surface area contributed by atoms with E-state index in [0.717, 1.165) is 22.4 Å². The van der Waals surface area contributed by atoms with Crippen LogP contribution in [0.3, 0.4) is 0 Å². The summed E-state index contributed by atoms with van der Waals surface area (Å²) in [6.07, 6.45) is 5.09. The maximum absolute atomic E-state index is 6.30. The Hall–Kier alpha value is -2.72. The monoisotopic (exact) mass is 320 g/mol. The first-order valence-corrected chi connectivity index (χ1v) is 7.66. The Bertz CT molecular complexity index is 963. The molecule has 112 valence electrons. The summed E-state index contributed by atoms with van der Waals surface area (Å²) in [5.74, 6) is 0. The lowest BCUT2D eigenvalue weighted by molar-refractivity contribution is 0.831. The normalized spacial score (nSPS) is 11.0. The highest BCUT2D eigenvalue weighted by molar-refractivity contribution is 6.32. The van der Waals surface area contributed by atoms with Crippen molar-refractivity contribution >= 4 is 22.8 Å². The Morgan fingerprint density at radius 3 is 2.52 bits per heavy atom. The van der Waals surface area contributed by atoms with E-state index in [4.69, 9.17) is 11.6 Å². The summed E-state index contributed by atoms with van der Waals surface area (Å²) < 4.78 is 2.13. The molecule has 0 aliphatic rings. The van der Waals surface area contributed by atoms with Gasteiger partial charge in [0, 0.05) is 30.7 Å². The minimum Gasteiger partial charge on any atom is -0.319 e. The lowest BCUT2D eigenvalue weighted by Gasteiger charge is -2.11. The van der Waals surface area contributed by atoms with Crippen molar-refractivity contribution in [2.24, 2.45) is 0 Å². The van der Waals surface area contributed by atoms with Crippen LogP contribution in [-0.2, 0) is 6.54 Å². The number of rotatable bonds is 3. The van der Waals surface area contributed by atoms with E-state index in [1.54, 1.807) is 18.6 Å². The predicted molar refractivity (Wildman–Crippen MR) is 91.3 cm³/mol. The van der Waals surface area contributed by atoms with Crippen molar-refractivity contribution in [1.29, 1.82) is 0 Å². The molecule has 0 aliphatic carbocycles. The molecular formula is C18H13ClN4. The first kappa shape index (κ1) is 13.9. The fourth-order valence-corrected chi connectivity index (χ4v) is 2.92. The van der Waals surface area contributed by atoms with Crippen LogP contribution in [0.25, 0.3) is 22.4 Å². The Kier molecular flexibility index (Phi) is 3.52. The van der Waals surface area contributed by atoms with Crippen LogP contribution in [-0.4, -0.2) is 19.5 Å². The molecular weight excluding hydrogens is 308 g/mol. The second-order valence-electron chi connectivity index (χ2n) is 5.21. The number of nitrogens with zero attached hydrogens (tertiary/aromatic N) is 4. The molecule has 0 spiro atoms. The molecule has 4 nitrogen and oxygen atoms in total. The van der Waals surface area contributed by atoms with E-state index in [2.05, 4.69) is 31.7 Å². The van der Waals surface area contributed by atoms with Crippen LogP contribution in [0.4, 0.5) is 0 Å². The van der Waals surface area contributed by atoms with Crippen molar-refractivity contribution in [2.45, 2.75) is 6.54 Å². The van der Waals surface area contributed by atoms with Gasteiger partial charge in [-0.3, -0.25) is 4.98 Å². The highest BCUT2D eigenvalue weighted by atomic mass is 35.5. The second kappa shape index (κ2) is 5.82. The van der Waals surface area contributed by atoms with E-state index >= 15 is 0 Å². The fourth-order valence-electron chi connectivity index (χ4n) is 2.70. The Morgan fingerprint density at radius 1 is 0.870 bits per heavy atom. The van der Waals surface area contributed by atoms with E-state index in [0.29, 0.717) is 11.7 Å². The quantitative estimate of drug-likeness (QED) is 0.531.